The number of aliphatic hydroxyl groups excluding tert-OH is 2. The molecule has 3 aliphatic rings. The lowest BCUT2D eigenvalue weighted by molar-refractivity contribution is -0.223. The zero-order valence-electron chi connectivity index (χ0n) is 28.3. The van der Waals surface area contributed by atoms with Crippen LogP contribution in [0.25, 0.3) is 0 Å². The number of hydrogen-bond acceptors (Lipinski definition) is 10. The van der Waals surface area contributed by atoms with Gasteiger partial charge in [-0.05, 0) is 85.2 Å². The van der Waals surface area contributed by atoms with Gasteiger partial charge in [-0.15, -0.1) is 6.58 Å². The van der Waals surface area contributed by atoms with E-state index in [-0.39, 0.29) is 42.1 Å². The first-order valence-corrected chi connectivity index (χ1v) is 18.1. The highest BCUT2D eigenvalue weighted by Crippen LogP contribution is 2.62. The first kappa shape index (κ1) is 36.0. The van der Waals surface area contributed by atoms with Gasteiger partial charge in [-0.3, -0.25) is 4.79 Å². The number of carbonyl (C=O) groups is 1. The maximum Gasteiger partial charge on any atom is 0.230 e. The molecule has 6 atom stereocenters. The second-order valence-electron chi connectivity index (χ2n) is 12.5. The maximum atomic E-state index is 11.7. The Morgan fingerprint density at radius 3 is 2.50 bits per heavy atom. The van der Waals surface area contributed by atoms with E-state index in [1.54, 1.807) is 31.4 Å². The van der Waals surface area contributed by atoms with E-state index >= 15 is 0 Å². The van der Waals surface area contributed by atoms with Crippen molar-refractivity contribution in [1.82, 2.24) is 0 Å². The number of allylic oxidation sites excluding steroid dienone is 1. The van der Waals surface area contributed by atoms with Crippen LogP contribution in [0, 0.1) is 17.8 Å². The van der Waals surface area contributed by atoms with E-state index in [1.807, 2.05) is 23.9 Å². The summed E-state index contributed by atoms with van der Waals surface area (Å²) in [5.74, 6) is 2.47. The van der Waals surface area contributed by atoms with Crippen LogP contribution in [0.1, 0.15) is 73.7 Å². The third kappa shape index (κ3) is 7.32. The molecule has 5 rings (SSSR count). The smallest absolute Gasteiger partial charge is 0.230 e. The average molecular weight is 680 g/mol. The molecular formula is C38H49NO8S. The molecule has 9 nitrogen and oxygen atoms in total. The zero-order valence-corrected chi connectivity index (χ0v) is 29.1. The van der Waals surface area contributed by atoms with E-state index < -0.39 is 5.79 Å². The number of ether oxygens (including phenoxy) is 4. The molecule has 0 spiro atoms. The van der Waals surface area contributed by atoms with Crippen LogP contribution in [0.15, 0.2) is 65.9 Å². The molecule has 1 fully saturated rings. The Bertz CT molecular complexity index is 1480. The molecular weight excluding hydrogens is 630 g/mol. The number of benzene rings is 2. The van der Waals surface area contributed by atoms with E-state index in [0.717, 1.165) is 73.2 Å². The van der Waals surface area contributed by atoms with Crippen LogP contribution in [-0.2, 0) is 9.57 Å². The number of aliphatic hydroxyl groups is 2. The van der Waals surface area contributed by atoms with Gasteiger partial charge in [-0.25, -0.2) is 0 Å². The Morgan fingerprint density at radius 2 is 1.81 bits per heavy atom. The summed E-state index contributed by atoms with van der Waals surface area (Å²) in [4.78, 5) is 17.2. The van der Waals surface area contributed by atoms with Crippen molar-refractivity contribution in [2.45, 2.75) is 68.8 Å². The van der Waals surface area contributed by atoms with Crippen molar-refractivity contribution < 1.29 is 38.8 Å². The molecule has 0 aromatic heterocycles. The molecule has 1 saturated carbocycles. The number of unbranched alkanes of at least 4 members (excludes halogenated alkanes) is 2. The Labute approximate surface area is 288 Å². The molecule has 2 aromatic carbocycles. The quantitative estimate of drug-likeness (QED) is 0.0724. The van der Waals surface area contributed by atoms with Crippen LogP contribution in [0.2, 0.25) is 0 Å². The number of fused-ring (bicyclic) bond motifs is 2. The molecule has 48 heavy (non-hydrogen) atoms. The Kier molecular flexibility index (Phi) is 12.7. The second-order valence-corrected chi connectivity index (χ2v) is 14.0. The van der Waals surface area contributed by atoms with Crippen LogP contribution in [0.3, 0.4) is 0 Å². The highest BCUT2D eigenvalue weighted by Gasteiger charge is 2.63. The Balaban J connectivity index is 1.69. The number of nitrogens with zero attached hydrogens (tertiary/aromatic N) is 1. The molecule has 1 heterocycles. The molecule has 0 saturated heterocycles. The van der Waals surface area contributed by atoms with Crippen molar-refractivity contribution in [2.24, 2.45) is 22.9 Å². The van der Waals surface area contributed by atoms with Gasteiger partial charge >= 0.3 is 0 Å². The molecule has 10 heteroatoms. The third-order valence-corrected chi connectivity index (χ3v) is 11.0. The van der Waals surface area contributed by atoms with Gasteiger partial charge in [0.2, 0.25) is 5.79 Å². The van der Waals surface area contributed by atoms with Gasteiger partial charge in [0, 0.05) is 31.1 Å². The summed E-state index contributed by atoms with van der Waals surface area (Å²) < 4.78 is 25.7. The highest BCUT2D eigenvalue weighted by atomic mass is 32.2. The number of hydrogen-bond donors (Lipinski definition) is 2. The minimum Gasteiger partial charge on any atom is -0.496 e. The number of rotatable bonds is 18. The highest BCUT2D eigenvalue weighted by molar-refractivity contribution is 8.00. The number of carbonyl (C=O) groups excluding carboxylic acids is 1. The van der Waals surface area contributed by atoms with E-state index in [1.165, 1.54) is 7.11 Å². The second kappa shape index (κ2) is 16.9. The lowest BCUT2D eigenvalue weighted by atomic mass is 9.56. The van der Waals surface area contributed by atoms with Crippen LogP contribution in [-0.4, -0.2) is 73.0 Å². The predicted octanol–water partition coefficient (Wildman–Crippen LogP) is 7.32. The monoisotopic (exact) mass is 679 g/mol. The summed E-state index contributed by atoms with van der Waals surface area (Å²) in [6.45, 7) is 6.75. The Morgan fingerprint density at radius 1 is 1.06 bits per heavy atom. The molecule has 2 N–H and O–H groups in total. The van der Waals surface area contributed by atoms with E-state index in [4.69, 9.17) is 23.8 Å². The largest absolute Gasteiger partial charge is 0.496 e. The summed E-state index contributed by atoms with van der Waals surface area (Å²) in [5, 5.41) is 24.0. The summed E-state index contributed by atoms with van der Waals surface area (Å²) in [7, 11) is 3.12. The van der Waals surface area contributed by atoms with Gasteiger partial charge in [0.1, 0.15) is 30.1 Å². The normalized spacial score (nSPS) is 26.5. The topological polar surface area (TPSA) is 116 Å². The number of aldehydes is 1. The molecule has 6 unspecified atom stereocenters. The van der Waals surface area contributed by atoms with Crippen LogP contribution >= 0.6 is 11.8 Å². The van der Waals surface area contributed by atoms with Crippen molar-refractivity contribution in [3.63, 3.8) is 0 Å². The van der Waals surface area contributed by atoms with Crippen molar-refractivity contribution >= 4 is 23.8 Å². The predicted molar refractivity (Wildman–Crippen MR) is 189 cm³/mol. The lowest BCUT2D eigenvalue weighted by Gasteiger charge is -2.58. The van der Waals surface area contributed by atoms with Crippen molar-refractivity contribution in [3.8, 4) is 23.0 Å². The molecule has 1 aliphatic heterocycles. The lowest BCUT2D eigenvalue weighted by Crippen LogP contribution is -2.64. The van der Waals surface area contributed by atoms with Crippen LogP contribution in [0.5, 0.6) is 23.0 Å². The van der Waals surface area contributed by atoms with Crippen molar-refractivity contribution in [2.75, 3.05) is 39.8 Å². The van der Waals surface area contributed by atoms with Crippen molar-refractivity contribution in [3.05, 3.63) is 71.8 Å². The zero-order chi connectivity index (χ0) is 34.1. The first-order chi connectivity index (χ1) is 23.5. The molecule has 2 aliphatic carbocycles. The molecule has 0 radical (unpaired) electrons. The minimum atomic E-state index is -0.979. The fourth-order valence-electron chi connectivity index (χ4n) is 7.85. The van der Waals surface area contributed by atoms with E-state index in [2.05, 4.69) is 30.8 Å². The number of methoxy groups -OCH3 is 1. The fourth-order valence-corrected chi connectivity index (χ4v) is 9.03. The summed E-state index contributed by atoms with van der Waals surface area (Å²) >= 11 is 1.81. The molecule has 0 amide bonds. The summed E-state index contributed by atoms with van der Waals surface area (Å²) in [6.07, 6.45) is 10.6. The molecule has 260 valence electrons. The van der Waals surface area contributed by atoms with E-state index in [0.29, 0.717) is 35.8 Å². The van der Waals surface area contributed by atoms with E-state index in [9.17, 15) is 15.0 Å². The van der Waals surface area contributed by atoms with Gasteiger partial charge in [-0.1, -0.05) is 37.1 Å². The molecule has 0 bridgehead atoms. The maximum absolute atomic E-state index is 11.7. The third-order valence-electron chi connectivity index (χ3n) is 9.75. The standard InChI is InChI=1S/C38H49NO8S/c1-5-19-45-38-35(48-6-2)23-32(39-44-4)30-21-25(11-7-9-17-40)29(12-8-10-18-41)36(37(30)38)31-22-28(14-16-34(31)47-38)46-27-13-15-33(43-3)26(20-27)24-42/h5,13-16,20-22,24-25,29,35-37,40-41H,1,6-12,17-19,23H2,2-4H3. The Hall–Kier alpha value is -3.31. The minimum absolute atomic E-state index is 0.0244. The number of thioether (sulfide) groups is 1. The number of oxime groups is 1. The van der Waals surface area contributed by atoms with Gasteiger partial charge in [0.05, 0.1) is 36.2 Å². The summed E-state index contributed by atoms with van der Waals surface area (Å²) in [6, 6.07) is 11.1. The van der Waals surface area contributed by atoms with Gasteiger partial charge in [-0.2, -0.15) is 11.8 Å². The molecule has 2 aromatic rings. The van der Waals surface area contributed by atoms with Gasteiger partial charge in [0.15, 0.2) is 6.29 Å². The van der Waals surface area contributed by atoms with Crippen LogP contribution < -0.4 is 14.2 Å². The van der Waals surface area contributed by atoms with Crippen molar-refractivity contribution in [1.29, 1.82) is 0 Å². The first-order valence-electron chi connectivity index (χ1n) is 17.0. The fraction of sp³-hybridized carbons (Fsp3) is 0.526. The van der Waals surface area contributed by atoms with Gasteiger partial charge in [0.25, 0.3) is 0 Å². The van der Waals surface area contributed by atoms with Gasteiger partial charge < -0.3 is 34.0 Å². The average Bonchev–Trinajstić information content (AvgIpc) is 3.10. The SMILES string of the molecule is C=CCOC12Oc3ccc(Oc4ccc(OC)c(C=O)c4)cc3C3C(CCCCO)C(CCCCO)C=C(C(=NOC)CC1SCC)C32. The summed E-state index contributed by atoms with van der Waals surface area (Å²) in [5.41, 5.74) is 3.44. The van der Waals surface area contributed by atoms with Crippen LogP contribution in [0.4, 0.5) is 0 Å².